The van der Waals surface area contributed by atoms with E-state index in [2.05, 4.69) is 5.32 Å². The predicted molar refractivity (Wildman–Crippen MR) is 126 cm³/mol. The zero-order valence-electron chi connectivity index (χ0n) is 18.2. The summed E-state index contributed by atoms with van der Waals surface area (Å²) in [6, 6.07) is 12.3. The fraction of sp³-hybridized carbons (Fsp3) is 0.364. The number of amides is 2. The fourth-order valence-electron chi connectivity index (χ4n) is 3.11. The normalized spacial score (nSPS) is 12.4. The van der Waals surface area contributed by atoms with Gasteiger partial charge in [-0.05, 0) is 43.2 Å². The molecule has 0 aromatic heterocycles. The molecule has 2 rings (SSSR count). The largest absolute Gasteiger partial charge is 0.357 e. The van der Waals surface area contributed by atoms with Crippen molar-refractivity contribution in [3.05, 3.63) is 64.1 Å². The summed E-state index contributed by atoms with van der Waals surface area (Å²) in [4.78, 5) is 26.8. The van der Waals surface area contributed by atoms with Crippen LogP contribution in [0, 0.1) is 0 Å². The maximum atomic E-state index is 13.0. The van der Waals surface area contributed by atoms with Crippen LogP contribution in [-0.4, -0.2) is 56.1 Å². The Morgan fingerprint density at radius 2 is 1.75 bits per heavy atom. The lowest BCUT2D eigenvalue weighted by molar-refractivity contribution is -0.140. The Kier molecular flexibility index (Phi) is 9.51. The molecule has 2 aromatic carbocycles. The van der Waals surface area contributed by atoms with Crippen LogP contribution < -0.4 is 5.32 Å². The lowest BCUT2D eigenvalue weighted by atomic mass is 10.1. The smallest absolute Gasteiger partial charge is 0.242 e. The number of rotatable bonds is 10. The van der Waals surface area contributed by atoms with Crippen molar-refractivity contribution in [1.29, 1.82) is 0 Å². The molecule has 0 saturated carbocycles. The van der Waals surface area contributed by atoms with Gasteiger partial charge in [-0.2, -0.15) is 0 Å². The molecule has 32 heavy (non-hydrogen) atoms. The molecule has 174 valence electrons. The van der Waals surface area contributed by atoms with Gasteiger partial charge in [0.1, 0.15) is 6.04 Å². The number of carbonyl (C=O) groups excluding carboxylic acids is 2. The highest BCUT2D eigenvalue weighted by Gasteiger charge is 2.26. The van der Waals surface area contributed by atoms with E-state index in [4.69, 9.17) is 23.2 Å². The summed E-state index contributed by atoms with van der Waals surface area (Å²) in [5, 5.41) is 3.41. The predicted octanol–water partition coefficient (Wildman–Crippen LogP) is 3.56. The zero-order chi connectivity index (χ0) is 23.9. The molecule has 0 aliphatic rings. The van der Waals surface area contributed by atoms with Gasteiger partial charge >= 0.3 is 0 Å². The standard InChI is InChI=1S/C22H27Cl2N3O4S/c1-16(22(29)25-2)27(15-17-11-12-18(23)14-20(17)24)21(28)10-7-13-26(3)32(30,31)19-8-5-4-6-9-19/h4-6,8-9,11-12,14,16H,7,10,13,15H2,1-3H3,(H,25,29)/t16-/m0/s1. The molecule has 2 amide bonds. The lowest BCUT2D eigenvalue weighted by Crippen LogP contribution is -2.46. The second-order valence-electron chi connectivity index (χ2n) is 7.29. The summed E-state index contributed by atoms with van der Waals surface area (Å²) in [5.41, 5.74) is 0.656. The van der Waals surface area contributed by atoms with Crippen molar-refractivity contribution in [2.45, 2.75) is 37.2 Å². The highest BCUT2D eigenvalue weighted by atomic mass is 35.5. The summed E-state index contributed by atoms with van der Waals surface area (Å²) in [7, 11) is -0.657. The monoisotopic (exact) mass is 499 g/mol. The van der Waals surface area contributed by atoms with Gasteiger partial charge < -0.3 is 10.2 Å². The van der Waals surface area contributed by atoms with Gasteiger partial charge in [-0.1, -0.05) is 47.5 Å². The molecule has 0 bridgehead atoms. The number of hydrogen-bond acceptors (Lipinski definition) is 4. The van der Waals surface area contributed by atoms with Gasteiger partial charge in [-0.15, -0.1) is 0 Å². The summed E-state index contributed by atoms with van der Waals surface area (Å²) >= 11 is 12.2. The first-order chi connectivity index (χ1) is 15.1. The number of carbonyl (C=O) groups is 2. The topological polar surface area (TPSA) is 86.8 Å². The Morgan fingerprint density at radius 3 is 2.34 bits per heavy atom. The number of sulfonamides is 1. The minimum Gasteiger partial charge on any atom is -0.357 e. The Balaban J connectivity index is 2.08. The molecule has 0 radical (unpaired) electrons. The van der Waals surface area contributed by atoms with Crippen molar-refractivity contribution in [3.8, 4) is 0 Å². The molecule has 0 unspecified atom stereocenters. The van der Waals surface area contributed by atoms with E-state index in [0.717, 1.165) is 0 Å². The van der Waals surface area contributed by atoms with Crippen LogP contribution in [0.25, 0.3) is 0 Å². The molecule has 0 spiro atoms. The molecule has 1 N–H and O–H groups in total. The second kappa shape index (κ2) is 11.7. The third kappa shape index (κ3) is 6.68. The number of halogens is 2. The SMILES string of the molecule is CNC(=O)[C@H](C)N(Cc1ccc(Cl)cc1Cl)C(=O)CCCN(C)S(=O)(=O)c1ccccc1. The maximum absolute atomic E-state index is 13.0. The Labute approximate surface area is 199 Å². The van der Waals surface area contributed by atoms with E-state index < -0.39 is 16.1 Å². The highest BCUT2D eigenvalue weighted by molar-refractivity contribution is 7.89. The first-order valence-corrected chi connectivity index (χ1v) is 12.2. The van der Waals surface area contributed by atoms with Gasteiger partial charge in [0.05, 0.1) is 4.90 Å². The van der Waals surface area contributed by atoms with Crippen molar-refractivity contribution in [3.63, 3.8) is 0 Å². The van der Waals surface area contributed by atoms with Crippen molar-refractivity contribution >= 4 is 45.0 Å². The zero-order valence-corrected chi connectivity index (χ0v) is 20.5. The molecular formula is C22H27Cl2N3O4S. The molecule has 0 aliphatic heterocycles. The number of hydrogen-bond donors (Lipinski definition) is 1. The van der Waals surface area contributed by atoms with Gasteiger partial charge in [0.25, 0.3) is 0 Å². The second-order valence-corrected chi connectivity index (χ2v) is 10.2. The van der Waals surface area contributed by atoms with Crippen LogP contribution in [0.3, 0.4) is 0 Å². The average molecular weight is 500 g/mol. The Bertz CT molecular complexity index is 1050. The number of likely N-dealkylation sites (N-methyl/N-ethyl adjacent to an activating group) is 1. The van der Waals surface area contributed by atoms with E-state index in [0.29, 0.717) is 22.0 Å². The van der Waals surface area contributed by atoms with E-state index in [1.807, 2.05) is 0 Å². The summed E-state index contributed by atoms with van der Waals surface area (Å²) in [6.45, 7) is 1.92. The van der Waals surface area contributed by atoms with Crippen LogP contribution in [0.15, 0.2) is 53.4 Å². The highest BCUT2D eigenvalue weighted by Crippen LogP contribution is 2.24. The number of nitrogens with one attached hydrogen (secondary N) is 1. The van der Waals surface area contributed by atoms with Gasteiger partial charge in [0.15, 0.2) is 0 Å². The molecular weight excluding hydrogens is 473 g/mol. The van der Waals surface area contributed by atoms with Crippen molar-refractivity contribution in [2.75, 3.05) is 20.6 Å². The van der Waals surface area contributed by atoms with Crippen LogP contribution in [0.5, 0.6) is 0 Å². The van der Waals surface area contributed by atoms with Gasteiger partial charge in [-0.3, -0.25) is 9.59 Å². The summed E-state index contributed by atoms with van der Waals surface area (Å²) in [6.07, 6.45) is 0.369. The number of nitrogens with zero attached hydrogens (tertiary/aromatic N) is 2. The van der Waals surface area contributed by atoms with E-state index >= 15 is 0 Å². The molecule has 10 heteroatoms. The molecule has 0 saturated heterocycles. The average Bonchev–Trinajstić information content (AvgIpc) is 2.77. The van der Waals surface area contributed by atoms with Crippen molar-refractivity contribution in [1.82, 2.24) is 14.5 Å². The maximum Gasteiger partial charge on any atom is 0.242 e. The third-order valence-electron chi connectivity index (χ3n) is 5.08. The summed E-state index contributed by atoms with van der Waals surface area (Å²) < 4.78 is 26.5. The Morgan fingerprint density at radius 1 is 1.09 bits per heavy atom. The van der Waals surface area contributed by atoms with Crippen molar-refractivity contribution < 1.29 is 18.0 Å². The quantitative estimate of drug-likeness (QED) is 0.541. The van der Waals surface area contributed by atoms with E-state index in [1.54, 1.807) is 43.3 Å². The van der Waals surface area contributed by atoms with Crippen LogP contribution in [-0.2, 0) is 26.2 Å². The lowest BCUT2D eigenvalue weighted by Gasteiger charge is -2.29. The van der Waals surface area contributed by atoms with Gasteiger partial charge in [0, 0.05) is 43.7 Å². The summed E-state index contributed by atoms with van der Waals surface area (Å²) in [5.74, 6) is -0.593. The number of benzene rings is 2. The third-order valence-corrected chi connectivity index (χ3v) is 7.54. The van der Waals surface area contributed by atoms with Gasteiger partial charge in [-0.25, -0.2) is 12.7 Å². The van der Waals surface area contributed by atoms with Crippen LogP contribution in [0.1, 0.15) is 25.3 Å². The molecule has 7 nitrogen and oxygen atoms in total. The van der Waals surface area contributed by atoms with E-state index in [-0.39, 0.29) is 36.2 Å². The van der Waals surface area contributed by atoms with Gasteiger partial charge in [0.2, 0.25) is 21.8 Å². The minimum atomic E-state index is -3.63. The Hall–Kier alpha value is -2.13. The van der Waals surface area contributed by atoms with Crippen LogP contribution in [0.2, 0.25) is 10.0 Å². The molecule has 2 aromatic rings. The molecule has 0 aliphatic carbocycles. The minimum absolute atomic E-state index is 0.0706. The van der Waals surface area contributed by atoms with Crippen molar-refractivity contribution in [2.24, 2.45) is 0 Å². The fourth-order valence-corrected chi connectivity index (χ4v) is 4.81. The molecule has 1 atom stereocenters. The molecule has 0 heterocycles. The van der Waals surface area contributed by atoms with E-state index in [9.17, 15) is 18.0 Å². The van der Waals surface area contributed by atoms with Crippen LogP contribution >= 0.6 is 23.2 Å². The first kappa shape index (κ1) is 26.1. The van der Waals surface area contributed by atoms with Crippen LogP contribution in [0.4, 0.5) is 0 Å². The van der Waals surface area contributed by atoms with E-state index in [1.165, 1.54) is 35.4 Å². The first-order valence-electron chi connectivity index (χ1n) is 10.0. The molecule has 0 fully saturated rings.